The quantitative estimate of drug-likeness (QED) is 0.292. The van der Waals surface area contributed by atoms with Gasteiger partial charge in [0.05, 0.1) is 12.6 Å². The number of halogens is 1. The summed E-state index contributed by atoms with van der Waals surface area (Å²) in [6.45, 7) is 2.80. The molecule has 4 aromatic rings. The summed E-state index contributed by atoms with van der Waals surface area (Å²) < 4.78 is 11.2. The van der Waals surface area contributed by atoms with E-state index in [2.05, 4.69) is 10.1 Å². The highest BCUT2D eigenvalue weighted by Gasteiger charge is 2.22. The standard InChI is InChI=1S/C27H26ClN3O3/c1-20(22-11-6-3-7-12-22)31(26(32)19-33-18-21-9-4-2-5-10-21)16-15-25-29-27(30-34-25)23-13-8-14-24(28)17-23/h2-14,17,20H,15-16,18-19H2,1H3. The Morgan fingerprint density at radius 2 is 1.76 bits per heavy atom. The van der Waals surface area contributed by atoms with E-state index in [9.17, 15) is 4.79 Å². The van der Waals surface area contributed by atoms with Gasteiger partial charge in [0.25, 0.3) is 0 Å². The highest BCUT2D eigenvalue weighted by Crippen LogP contribution is 2.22. The third kappa shape index (κ3) is 6.31. The molecule has 1 atom stereocenters. The van der Waals surface area contributed by atoms with Gasteiger partial charge >= 0.3 is 0 Å². The van der Waals surface area contributed by atoms with Crippen molar-refractivity contribution in [2.45, 2.75) is 26.0 Å². The minimum Gasteiger partial charge on any atom is -0.367 e. The fourth-order valence-corrected chi connectivity index (χ4v) is 3.87. The van der Waals surface area contributed by atoms with Gasteiger partial charge < -0.3 is 14.2 Å². The molecular formula is C27H26ClN3O3. The zero-order chi connectivity index (χ0) is 23.8. The third-order valence-electron chi connectivity index (χ3n) is 5.52. The first-order valence-corrected chi connectivity index (χ1v) is 11.5. The van der Waals surface area contributed by atoms with Crippen LogP contribution in [0.3, 0.4) is 0 Å². The lowest BCUT2D eigenvalue weighted by atomic mass is 10.1. The lowest BCUT2D eigenvalue weighted by Crippen LogP contribution is -2.37. The van der Waals surface area contributed by atoms with Gasteiger partial charge in [0.2, 0.25) is 17.6 Å². The van der Waals surface area contributed by atoms with Gasteiger partial charge in [0.1, 0.15) is 6.61 Å². The summed E-state index contributed by atoms with van der Waals surface area (Å²) in [6.07, 6.45) is 0.426. The molecule has 34 heavy (non-hydrogen) atoms. The Morgan fingerprint density at radius 3 is 2.50 bits per heavy atom. The number of rotatable bonds is 10. The average Bonchev–Trinajstić information content (AvgIpc) is 3.34. The molecule has 174 valence electrons. The zero-order valence-corrected chi connectivity index (χ0v) is 19.7. The van der Waals surface area contributed by atoms with Crippen molar-refractivity contribution in [3.05, 3.63) is 107 Å². The lowest BCUT2D eigenvalue weighted by molar-refractivity contribution is -0.138. The van der Waals surface area contributed by atoms with Gasteiger partial charge in [-0.3, -0.25) is 4.79 Å². The fraction of sp³-hybridized carbons (Fsp3) is 0.222. The molecule has 0 aliphatic carbocycles. The van der Waals surface area contributed by atoms with E-state index in [0.717, 1.165) is 16.7 Å². The van der Waals surface area contributed by atoms with Crippen LogP contribution in [-0.2, 0) is 22.6 Å². The molecule has 0 aliphatic heterocycles. The van der Waals surface area contributed by atoms with Crippen molar-refractivity contribution in [1.29, 1.82) is 0 Å². The van der Waals surface area contributed by atoms with Crippen molar-refractivity contribution in [2.24, 2.45) is 0 Å². The molecule has 3 aromatic carbocycles. The number of benzene rings is 3. The van der Waals surface area contributed by atoms with E-state index in [1.165, 1.54) is 0 Å². The SMILES string of the molecule is CC(c1ccccc1)N(CCc1nc(-c2cccc(Cl)c2)no1)C(=O)COCc1ccccc1. The number of hydrogen-bond donors (Lipinski definition) is 0. The minimum absolute atomic E-state index is 0.0103. The molecule has 0 saturated heterocycles. The minimum atomic E-state index is -0.135. The van der Waals surface area contributed by atoms with E-state index in [0.29, 0.717) is 36.3 Å². The molecule has 0 fully saturated rings. The normalized spacial score (nSPS) is 11.8. The molecule has 0 spiro atoms. The highest BCUT2D eigenvalue weighted by atomic mass is 35.5. The maximum atomic E-state index is 13.2. The summed E-state index contributed by atoms with van der Waals surface area (Å²) in [4.78, 5) is 19.4. The van der Waals surface area contributed by atoms with E-state index >= 15 is 0 Å². The summed E-state index contributed by atoms with van der Waals surface area (Å²) in [5.41, 5.74) is 2.85. The maximum absolute atomic E-state index is 13.2. The second-order valence-corrected chi connectivity index (χ2v) is 8.36. The van der Waals surface area contributed by atoms with Crippen molar-refractivity contribution in [3.8, 4) is 11.4 Å². The van der Waals surface area contributed by atoms with Gasteiger partial charge in [-0.1, -0.05) is 89.6 Å². The van der Waals surface area contributed by atoms with Gasteiger partial charge in [-0.2, -0.15) is 4.98 Å². The highest BCUT2D eigenvalue weighted by molar-refractivity contribution is 6.30. The summed E-state index contributed by atoms with van der Waals surface area (Å²) >= 11 is 6.07. The molecule has 0 saturated carbocycles. The summed E-state index contributed by atoms with van der Waals surface area (Å²) in [5.74, 6) is 0.831. The van der Waals surface area contributed by atoms with Crippen LogP contribution in [0.25, 0.3) is 11.4 Å². The van der Waals surface area contributed by atoms with Crippen LogP contribution in [0.1, 0.15) is 30.0 Å². The Bertz CT molecular complexity index is 1200. The Morgan fingerprint density at radius 1 is 1.03 bits per heavy atom. The Balaban J connectivity index is 1.43. The van der Waals surface area contributed by atoms with Crippen LogP contribution in [0.5, 0.6) is 0 Å². The molecule has 0 radical (unpaired) electrons. The molecule has 0 bridgehead atoms. The zero-order valence-electron chi connectivity index (χ0n) is 18.9. The molecule has 4 rings (SSSR count). The molecule has 0 aliphatic rings. The molecule has 1 heterocycles. The van der Waals surface area contributed by atoms with Gasteiger partial charge in [0.15, 0.2) is 0 Å². The number of carbonyl (C=O) groups excluding carboxylic acids is 1. The maximum Gasteiger partial charge on any atom is 0.249 e. The number of carbonyl (C=O) groups is 1. The second-order valence-electron chi connectivity index (χ2n) is 7.92. The topological polar surface area (TPSA) is 68.5 Å². The van der Waals surface area contributed by atoms with Crippen LogP contribution >= 0.6 is 11.6 Å². The van der Waals surface area contributed by atoms with Crippen LogP contribution < -0.4 is 0 Å². The van der Waals surface area contributed by atoms with Crippen LogP contribution in [0.2, 0.25) is 5.02 Å². The van der Waals surface area contributed by atoms with E-state index in [1.54, 1.807) is 17.0 Å². The van der Waals surface area contributed by atoms with Gasteiger partial charge in [-0.15, -0.1) is 0 Å². The molecule has 1 aromatic heterocycles. The average molecular weight is 476 g/mol. The smallest absolute Gasteiger partial charge is 0.249 e. The first-order valence-electron chi connectivity index (χ1n) is 11.1. The molecule has 1 unspecified atom stereocenters. The number of aromatic nitrogens is 2. The van der Waals surface area contributed by atoms with E-state index < -0.39 is 0 Å². The summed E-state index contributed by atoms with van der Waals surface area (Å²) in [7, 11) is 0. The monoisotopic (exact) mass is 475 g/mol. The van der Waals surface area contributed by atoms with Gasteiger partial charge in [0, 0.05) is 23.6 Å². The largest absolute Gasteiger partial charge is 0.367 e. The van der Waals surface area contributed by atoms with Crippen molar-refractivity contribution in [1.82, 2.24) is 15.0 Å². The van der Waals surface area contributed by atoms with E-state index in [-0.39, 0.29) is 18.6 Å². The molecule has 1 amide bonds. The van der Waals surface area contributed by atoms with Gasteiger partial charge in [-0.05, 0) is 30.2 Å². The summed E-state index contributed by atoms with van der Waals surface area (Å²) in [5, 5.41) is 4.67. The number of amides is 1. The van der Waals surface area contributed by atoms with Crippen LogP contribution in [-0.4, -0.2) is 34.1 Å². The second kappa shape index (κ2) is 11.6. The fourth-order valence-electron chi connectivity index (χ4n) is 3.68. The Kier molecular flexibility index (Phi) is 8.07. The predicted octanol–water partition coefficient (Wildman–Crippen LogP) is 5.74. The van der Waals surface area contributed by atoms with E-state index in [1.807, 2.05) is 79.7 Å². The Labute approximate surface area is 204 Å². The van der Waals surface area contributed by atoms with E-state index in [4.69, 9.17) is 20.9 Å². The predicted molar refractivity (Wildman–Crippen MR) is 131 cm³/mol. The van der Waals surface area contributed by atoms with Crippen molar-refractivity contribution < 1.29 is 14.1 Å². The lowest BCUT2D eigenvalue weighted by Gasteiger charge is -2.29. The molecular weight excluding hydrogens is 450 g/mol. The van der Waals surface area contributed by atoms with Gasteiger partial charge in [-0.25, -0.2) is 0 Å². The Hall–Kier alpha value is -3.48. The molecule has 0 N–H and O–H groups in total. The number of hydrogen-bond acceptors (Lipinski definition) is 5. The molecule has 7 heteroatoms. The van der Waals surface area contributed by atoms with Crippen LogP contribution in [0, 0.1) is 0 Å². The van der Waals surface area contributed by atoms with Crippen molar-refractivity contribution in [3.63, 3.8) is 0 Å². The van der Waals surface area contributed by atoms with Crippen LogP contribution in [0.4, 0.5) is 0 Å². The summed E-state index contributed by atoms with van der Waals surface area (Å²) in [6, 6.07) is 26.9. The number of nitrogens with zero attached hydrogens (tertiary/aromatic N) is 3. The number of ether oxygens (including phenoxy) is 1. The molecule has 6 nitrogen and oxygen atoms in total. The third-order valence-corrected chi connectivity index (χ3v) is 5.76. The van der Waals surface area contributed by atoms with Crippen molar-refractivity contribution >= 4 is 17.5 Å². The van der Waals surface area contributed by atoms with Crippen molar-refractivity contribution in [2.75, 3.05) is 13.2 Å². The first kappa shape index (κ1) is 23.7. The first-order chi connectivity index (χ1) is 16.6. The van der Waals surface area contributed by atoms with Crippen LogP contribution in [0.15, 0.2) is 89.5 Å².